The Morgan fingerprint density at radius 2 is 2.18 bits per heavy atom. The second-order valence-corrected chi connectivity index (χ2v) is 12.2. The third-order valence-corrected chi connectivity index (χ3v) is 9.76. The maximum absolute atomic E-state index is 13.1. The molecule has 1 saturated heterocycles. The average Bonchev–Trinajstić information content (AvgIpc) is 3.59. The number of fused-ring (bicyclic) bond motifs is 1. The number of carboxylic acid groups (broad SMARTS) is 1. The smallest absolute Gasteiger partial charge is 0.352 e. The predicted molar refractivity (Wildman–Crippen MR) is 149 cm³/mol. The highest BCUT2D eigenvalue weighted by Crippen LogP contribution is 2.40. The molecule has 1 fully saturated rings. The number of oxime groups is 1. The molecule has 5 rings (SSSR count). The Labute approximate surface area is 239 Å². The Morgan fingerprint density at radius 3 is 2.85 bits per heavy atom. The highest BCUT2D eigenvalue weighted by Gasteiger charge is 2.54. The van der Waals surface area contributed by atoms with Crippen LogP contribution in [0.25, 0.3) is 11.3 Å². The number of rotatable bonds is 9. The van der Waals surface area contributed by atoms with Crippen molar-refractivity contribution >= 4 is 74.8 Å². The second-order valence-electron chi connectivity index (χ2n) is 8.28. The Balaban J connectivity index is 1.34. The third kappa shape index (κ3) is 5.36. The van der Waals surface area contributed by atoms with E-state index in [2.05, 4.69) is 20.4 Å². The van der Waals surface area contributed by atoms with E-state index in [0.717, 1.165) is 26.9 Å². The summed E-state index contributed by atoms with van der Waals surface area (Å²) in [6.45, 7) is 0.283. The molecule has 5 heterocycles. The van der Waals surface area contributed by atoms with Crippen molar-refractivity contribution in [2.24, 2.45) is 5.16 Å². The lowest BCUT2D eigenvalue weighted by atomic mass is 10.0. The Morgan fingerprint density at radius 1 is 1.36 bits per heavy atom. The van der Waals surface area contributed by atoms with Crippen molar-refractivity contribution in [3.63, 3.8) is 0 Å². The number of carbonyl (C=O) groups excluding carboxylic acids is 2. The number of hydrogen-bond acceptors (Lipinski definition) is 12. The van der Waals surface area contributed by atoms with Gasteiger partial charge in [-0.25, -0.2) is 19.3 Å². The van der Waals surface area contributed by atoms with Crippen molar-refractivity contribution in [2.45, 2.75) is 22.3 Å². The number of anilines is 1. The fraction of sp³-hybridized carbons (Fsp3) is 0.261. The van der Waals surface area contributed by atoms with Gasteiger partial charge in [0.25, 0.3) is 11.8 Å². The summed E-state index contributed by atoms with van der Waals surface area (Å²) in [5.74, 6) is -2.02. The molecule has 0 saturated carbocycles. The first-order chi connectivity index (χ1) is 18.8. The van der Waals surface area contributed by atoms with Gasteiger partial charge in [0, 0.05) is 28.2 Å². The second kappa shape index (κ2) is 11.3. The number of pyridine rings is 1. The van der Waals surface area contributed by atoms with Gasteiger partial charge in [-0.05, 0) is 12.3 Å². The average molecular weight is 605 g/mol. The molecule has 3 aromatic heterocycles. The number of carboxylic acids is 1. The van der Waals surface area contributed by atoms with Crippen molar-refractivity contribution in [2.75, 3.05) is 24.9 Å². The van der Waals surface area contributed by atoms with E-state index in [1.165, 1.54) is 23.8 Å². The lowest BCUT2D eigenvalue weighted by Gasteiger charge is -2.49. The van der Waals surface area contributed by atoms with Gasteiger partial charge in [0.05, 0.1) is 11.3 Å². The number of nitrogens with zero attached hydrogens (tertiary/aromatic N) is 5. The highest BCUT2D eigenvalue weighted by molar-refractivity contribution is 8.00. The fourth-order valence-corrected chi connectivity index (χ4v) is 7.34. The van der Waals surface area contributed by atoms with Crippen LogP contribution in [-0.4, -0.2) is 74.0 Å². The number of aromatic nitrogens is 3. The molecule has 3 aromatic rings. The molecule has 4 N–H and O–H groups in total. The molecule has 0 aliphatic carbocycles. The lowest BCUT2D eigenvalue weighted by molar-refractivity contribution is -0.688. The highest BCUT2D eigenvalue weighted by atomic mass is 32.2. The first-order valence-corrected chi connectivity index (χ1v) is 15.4. The van der Waals surface area contributed by atoms with Gasteiger partial charge < -0.3 is 21.0 Å². The Kier molecular flexibility index (Phi) is 7.88. The van der Waals surface area contributed by atoms with Crippen molar-refractivity contribution < 1.29 is 28.9 Å². The summed E-state index contributed by atoms with van der Waals surface area (Å²) in [5, 5.41) is 19.6. The van der Waals surface area contributed by atoms with Crippen molar-refractivity contribution in [3.05, 3.63) is 52.3 Å². The largest absolute Gasteiger partial charge is 0.477 e. The molecular weight excluding hydrogens is 583 g/mol. The number of thioether (sulfide) groups is 2. The molecule has 12 nitrogen and oxygen atoms in total. The molecule has 2 atom stereocenters. The number of nitrogen functional groups attached to an aromatic ring is 1. The van der Waals surface area contributed by atoms with Crippen LogP contribution in [0, 0.1) is 0 Å². The Bertz CT molecular complexity index is 1520. The molecule has 202 valence electrons. The van der Waals surface area contributed by atoms with E-state index in [4.69, 9.17) is 10.6 Å². The SMILES string of the molecule is CO/N=C(\C(=O)NC1C(=O)N2C(C(=O)O)=C(C[n+]3cccc(-c4csc(SC)n4)c3)CSC12)c1csc(N)n1. The quantitative estimate of drug-likeness (QED) is 0.108. The van der Waals surface area contributed by atoms with Crippen LogP contribution in [-0.2, 0) is 25.8 Å². The van der Waals surface area contributed by atoms with E-state index >= 15 is 0 Å². The maximum atomic E-state index is 13.1. The van der Waals surface area contributed by atoms with Crippen LogP contribution in [0.15, 0.2) is 56.1 Å². The first-order valence-electron chi connectivity index (χ1n) is 11.3. The van der Waals surface area contributed by atoms with Gasteiger partial charge in [0.15, 0.2) is 29.8 Å². The number of hydrogen-bond donors (Lipinski definition) is 3. The van der Waals surface area contributed by atoms with Gasteiger partial charge in [-0.2, -0.15) is 0 Å². The summed E-state index contributed by atoms with van der Waals surface area (Å²) >= 11 is 5.66. The maximum Gasteiger partial charge on any atom is 0.352 e. The first kappa shape index (κ1) is 27.1. The normalized spacial score (nSPS) is 19.0. The minimum Gasteiger partial charge on any atom is -0.477 e. The van der Waals surface area contributed by atoms with Crippen molar-refractivity contribution in [3.8, 4) is 11.3 Å². The van der Waals surface area contributed by atoms with E-state index in [9.17, 15) is 19.5 Å². The van der Waals surface area contributed by atoms with Gasteiger partial charge in [-0.1, -0.05) is 16.9 Å². The van der Waals surface area contributed by atoms with Crippen molar-refractivity contribution in [1.82, 2.24) is 20.2 Å². The molecular formula is C23H22N7O5S4+. The van der Waals surface area contributed by atoms with Crippen LogP contribution < -0.4 is 15.6 Å². The molecule has 0 bridgehead atoms. The van der Waals surface area contributed by atoms with Gasteiger partial charge in [-0.3, -0.25) is 14.5 Å². The number of nitrogens with one attached hydrogen (secondary N) is 1. The van der Waals surface area contributed by atoms with Crippen LogP contribution in [0.5, 0.6) is 0 Å². The summed E-state index contributed by atoms with van der Waals surface area (Å²) < 4.78 is 2.84. The van der Waals surface area contributed by atoms with E-state index < -0.39 is 29.2 Å². The van der Waals surface area contributed by atoms with Gasteiger partial charge in [0.2, 0.25) is 0 Å². The topological polar surface area (TPSA) is 164 Å². The van der Waals surface area contributed by atoms with Gasteiger partial charge in [0.1, 0.15) is 34.3 Å². The van der Waals surface area contributed by atoms with E-state index in [1.54, 1.807) is 28.5 Å². The van der Waals surface area contributed by atoms with Crippen LogP contribution >= 0.6 is 46.2 Å². The van der Waals surface area contributed by atoms with Gasteiger partial charge in [-0.15, -0.1) is 34.4 Å². The van der Waals surface area contributed by atoms with E-state index in [1.807, 2.05) is 40.7 Å². The molecule has 0 radical (unpaired) electrons. The van der Waals surface area contributed by atoms with Gasteiger partial charge >= 0.3 is 5.97 Å². The standard InChI is InChI=1S/C23H21N7O5S4/c1-35-28-15(14-10-38-22(24)25-14)18(31)27-16-19(32)30-17(21(33)34)12(8-37-20(16)30)7-29-5-3-4-11(6-29)13-9-39-23(26-13)36-2/h3-6,9-10,16,20H,7-8H2,1-2H3,(H3-,24,25,27,31,33,34)/p+1/b28-15-. The number of nitrogens with two attached hydrogens (primary N) is 1. The minimum atomic E-state index is -1.20. The van der Waals surface area contributed by atoms with Crippen LogP contribution in [0.3, 0.4) is 0 Å². The molecule has 2 amide bonds. The zero-order valence-corrected chi connectivity index (χ0v) is 23.8. The lowest BCUT2D eigenvalue weighted by Crippen LogP contribution is -2.71. The summed E-state index contributed by atoms with van der Waals surface area (Å²) in [4.78, 5) is 53.0. The summed E-state index contributed by atoms with van der Waals surface area (Å²) in [7, 11) is 1.29. The molecule has 16 heteroatoms. The molecule has 2 unspecified atom stereocenters. The molecule has 2 aliphatic rings. The number of carbonyl (C=O) groups is 3. The summed E-state index contributed by atoms with van der Waals surface area (Å²) in [5.41, 5.74) is 8.03. The fourth-order valence-electron chi connectivity index (χ4n) is 4.18. The summed E-state index contributed by atoms with van der Waals surface area (Å²) in [6.07, 6.45) is 5.72. The number of aliphatic carboxylic acids is 1. The van der Waals surface area contributed by atoms with E-state index in [0.29, 0.717) is 11.3 Å². The minimum absolute atomic E-state index is 0.0662. The number of thiazole rings is 2. The van der Waals surface area contributed by atoms with Crippen LogP contribution in [0.1, 0.15) is 5.69 Å². The van der Waals surface area contributed by atoms with Crippen molar-refractivity contribution in [1.29, 1.82) is 0 Å². The monoisotopic (exact) mass is 604 g/mol. The number of β-lactam (4-membered cyclic amide) rings is 1. The molecule has 0 aromatic carbocycles. The van der Waals surface area contributed by atoms with E-state index in [-0.39, 0.29) is 28.8 Å². The Hall–Kier alpha value is -3.47. The molecule has 2 aliphatic heterocycles. The zero-order chi connectivity index (χ0) is 27.7. The summed E-state index contributed by atoms with van der Waals surface area (Å²) in [6, 6.07) is 2.90. The van der Waals surface area contributed by atoms with Crippen LogP contribution in [0.4, 0.5) is 5.13 Å². The third-order valence-electron chi connectivity index (χ3n) is 5.88. The number of amides is 2. The zero-order valence-electron chi connectivity index (χ0n) is 20.6. The molecule has 39 heavy (non-hydrogen) atoms. The van der Waals surface area contributed by atoms with Crippen LogP contribution in [0.2, 0.25) is 0 Å². The molecule has 0 spiro atoms. The predicted octanol–water partition coefficient (Wildman–Crippen LogP) is 1.65.